The minimum atomic E-state index is -6.10. The SMILES string of the molecule is [O]=[Sb]([O-])([O-])[O-].[O]=[Sb]([O-])([O-])[O-].[V+2].[V+2].[V+2]. The van der Waals surface area contributed by atoms with Crippen molar-refractivity contribution >= 4 is 40.1 Å². The Morgan fingerprint density at radius 2 is 0.538 bits per heavy atom. The zero-order chi connectivity index (χ0) is 9.00. The van der Waals surface area contributed by atoms with Crippen molar-refractivity contribution in [2.45, 2.75) is 0 Å². The second-order valence-electron chi connectivity index (χ2n) is 0.894. The van der Waals surface area contributed by atoms with E-state index in [4.69, 9.17) is 26.3 Å². The van der Waals surface area contributed by atoms with Crippen LogP contribution in [0.3, 0.4) is 0 Å². The normalized spacial score (nSPS) is 9.08. The molecule has 0 aliphatic rings. The molecule has 0 aromatic heterocycles. The molecule has 0 aromatic rings. The van der Waals surface area contributed by atoms with Gasteiger partial charge in [0.15, 0.2) is 0 Å². The molecule has 0 saturated heterocycles. The zero-order valence-corrected chi connectivity index (χ0v) is 14.8. The Morgan fingerprint density at radius 3 is 0.538 bits per heavy atom. The van der Waals surface area contributed by atoms with Gasteiger partial charge in [-0.25, -0.2) is 0 Å². The van der Waals surface area contributed by atoms with Crippen molar-refractivity contribution < 1.29 is 82.0 Å². The van der Waals surface area contributed by atoms with Crippen LogP contribution < -0.4 is 20.3 Å². The molecular weight excluding hydrogens is 524 g/mol. The molecule has 0 aromatic carbocycles. The van der Waals surface area contributed by atoms with Crippen LogP contribution in [-0.2, 0) is 61.7 Å². The van der Waals surface area contributed by atoms with Crippen LogP contribution >= 0.6 is 0 Å². The summed E-state index contributed by atoms with van der Waals surface area (Å²) in [5, 5.41) is 0. The van der Waals surface area contributed by atoms with E-state index in [9.17, 15) is 0 Å². The molecule has 8 nitrogen and oxygen atoms in total. The Morgan fingerprint density at radius 1 is 0.538 bits per heavy atom. The summed E-state index contributed by atoms with van der Waals surface area (Å²) in [5.74, 6) is 0. The van der Waals surface area contributed by atoms with E-state index < -0.39 is 40.1 Å². The minimum absolute atomic E-state index is 0. The molecule has 0 aliphatic carbocycles. The van der Waals surface area contributed by atoms with E-state index >= 15 is 0 Å². The van der Waals surface area contributed by atoms with Crippen LogP contribution in [0, 0.1) is 0 Å². The fourth-order valence-corrected chi connectivity index (χ4v) is 0. The van der Waals surface area contributed by atoms with Crippen LogP contribution in [0.2, 0.25) is 0 Å². The first-order chi connectivity index (χ1) is 4.00. The van der Waals surface area contributed by atoms with Crippen molar-refractivity contribution in [1.82, 2.24) is 0 Å². The third-order valence-electron chi connectivity index (χ3n) is 0. The maximum absolute atomic E-state index is 8.64. The van der Waals surface area contributed by atoms with Crippen molar-refractivity contribution in [1.29, 1.82) is 0 Å². The van der Waals surface area contributed by atoms with Gasteiger partial charge in [0.2, 0.25) is 0 Å². The summed E-state index contributed by atoms with van der Waals surface area (Å²) in [5.41, 5.74) is 0. The number of hydrogen-bond acceptors (Lipinski definition) is 8. The second-order valence-corrected chi connectivity index (χ2v) is 6.00. The molecule has 0 heterocycles. The van der Waals surface area contributed by atoms with E-state index in [1.54, 1.807) is 0 Å². The topological polar surface area (TPSA) is 172 Å². The third kappa shape index (κ3) is 317. The predicted molar refractivity (Wildman–Crippen MR) is 12.9 cm³/mol. The van der Waals surface area contributed by atoms with Gasteiger partial charge in [-0.3, -0.25) is 0 Å². The fraction of sp³-hybridized carbons (Fsp3) is 0. The first-order valence-electron chi connectivity index (χ1n) is 1.46. The summed E-state index contributed by atoms with van der Waals surface area (Å²) >= 11 is -12.2. The molecule has 0 unspecified atom stereocenters. The van der Waals surface area contributed by atoms with Gasteiger partial charge in [-0.15, -0.1) is 0 Å². The molecule has 0 amide bonds. The Labute approximate surface area is 120 Å². The van der Waals surface area contributed by atoms with Crippen LogP contribution in [0.15, 0.2) is 0 Å². The van der Waals surface area contributed by atoms with Gasteiger partial charge >= 0.3 is 122 Å². The summed E-state index contributed by atoms with van der Waals surface area (Å²) in [4.78, 5) is 0. The molecule has 0 fully saturated rings. The molecule has 0 spiro atoms. The monoisotopic (exact) mass is 523 g/mol. The van der Waals surface area contributed by atoms with E-state index in [1.165, 1.54) is 0 Å². The predicted octanol–water partition coefficient (Wildman–Crippen LogP) is -8.14. The molecule has 0 aliphatic heterocycles. The minimum Gasteiger partial charge on any atom is 2.00 e. The summed E-state index contributed by atoms with van der Waals surface area (Å²) < 4.78 is 69.1. The molecule has 0 N–H and O–H groups in total. The van der Waals surface area contributed by atoms with E-state index in [2.05, 4.69) is 0 Å². The summed E-state index contributed by atoms with van der Waals surface area (Å²) in [6, 6.07) is 0. The van der Waals surface area contributed by atoms with Crippen LogP contribution in [0.5, 0.6) is 0 Å². The molecule has 73 valence electrons. The van der Waals surface area contributed by atoms with Crippen LogP contribution in [0.25, 0.3) is 0 Å². The smallest absolute Gasteiger partial charge is 2.00 e. The summed E-state index contributed by atoms with van der Waals surface area (Å²) in [6.45, 7) is 0. The van der Waals surface area contributed by atoms with Gasteiger partial charge in [0, 0.05) is 0 Å². The standard InChI is InChI=1S/8O.2Sb.3V/q;;6*-1;;;3*+2. The fourth-order valence-electron chi connectivity index (χ4n) is 0. The molecule has 13 heteroatoms. The van der Waals surface area contributed by atoms with Crippen molar-refractivity contribution in [3.05, 3.63) is 0 Å². The summed E-state index contributed by atoms with van der Waals surface area (Å²) in [7, 11) is 0. The van der Waals surface area contributed by atoms with Crippen molar-refractivity contribution in [2.24, 2.45) is 0 Å². The van der Waals surface area contributed by atoms with Gasteiger partial charge in [-0.05, 0) is 0 Å². The van der Waals surface area contributed by atoms with Gasteiger partial charge in [0.1, 0.15) is 0 Å². The van der Waals surface area contributed by atoms with E-state index in [0.717, 1.165) is 0 Å². The van der Waals surface area contributed by atoms with Gasteiger partial charge in [0.25, 0.3) is 0 Å². The average Bonchev–Trinajstić information content (AvgIpc) is 1.12. The largest absolute Gasteiger partial charge is 2.00 e. The molecule has 13 heavy (non-hydrogen) atoms. The van der Waals surface area contributed by atoms with Crippen LogP contribution in [0.1, 0.15) is 0 Å². The molecule has 0 bridgehead atoms. The Balaban J connectivity index is -0.0000000267. The van der Waals surface area contributed by atoms with Crippen LogP contribution in [0.4, 0.5) is 0 Å². The molecular formula is O8Sb2V3. The Hall–Kier alpha value is 2.75. The maximum Gasteiger partial charge on any atom is 2.00 e. The second kappa shape index (κ2) is 12.8. The van der Waals surface area contributed by atoms with E-state index in [-0.39, 0.29) is 55.7 Å². The van der Waals surface area contributed by atoms with Crippen molar-refractivity contribution in [3.63, 3.8) is 0 Å². The Bertz CT molecular complexity index is 130. The van der Waals surface area contributed by atoms with Crippen molar-refractivity contribution in [2.75, 3.05) is 0 Å². The third-order valence-corrected chi connectivity index (χ3v) is 0. The van der Waals surface area contributed by atoms with Crippen LogP contribution in [-0.4, -0.2) is 40.1 Å². The molecule has 0 rings (SSSR count). The van der Waals surface area contributed by atoms with E-state index in [1.807, 2.05) is 0 Å². The van der Waals surface area contributed by atoms with Gasteiger partial charge in [-0.2, -0.15) is 0 Å². The van der Waals surface area contributed by atoms with E-state index in [0.29, 0.717) is 0 Å². The average molecular weight is 524 g/mol. The van der Waals surface area contributed by atoms with Gasteiger partial charge < -0.3 is 0 Å². The quantitative estimate of drug-likeness (QED) is 0.281. The molecule has 3 radical (unpaired) electrons. The van der Waals surface area contributed by atoms with Crippen molar-refractivity contribution in [3.8, 4) is 0 Å². The number of rotatable bonds is 0. The maximum atomic E-state index is 8.64. The summed E-state index contributed by atoms with van der Waals surface area (Å²) in [6.07, 6.45) is 0. The van der Waals surface area contributed by atoms with Gasteiger partial charge in [-0.1, -0.05) is 0 Å². The zero-order valence-electron chi connectivity index (χ0n) is 5.50. The first-order valence-corrected chi connectivity index (χ1v) is 9.80. The molecule has 0 saturated carbocycles. The number of hydrogen-bond donors (Lipinski definition) is 0. The van der Waals surface area contributed by atoms with Gasteiger partial charge in [0.05, 0.1) is 0 Å². The molecule has 0 atom stereocenters. The first kappa shape index (κ1) is 29.7. The Kier molecular flexibility index (Phi) is 29.2.